The molecule has 88 valence electrons. The first-order chi connectivity index (χ1) is 8.18. The van der Waals surface area contributed by atoms with Crippen LogP contribution in [-0.2, 0) is 6.54 Å². The van der Waals surface area contributed by atoms with Gasteiger partial charge in [-0.2, -0.15) is 0 Å². The molecule has 4 N–H and O–H groups in total. The Morgan fingerprint density at radius 2 is 2.12 bits per heavy atom. The van der Waals surface area contributed by atoms with Gasteiger partial charge in [-0.05, 0) is 5.56 Å². The van der Waals surface area contributed by atoms with Crippen molar-refractivity contribution in [3.8, 4) is 0 Å². The Hall–Kier alpha value is -2.57. The number of nitrogens with zero attached hydrogens (tertiary/aromatic N) is 2. The van der Waals surface area contributed by atoms with E-state index < -0.39 is 4.92 Å². The molecule has 0 atom stereocenters. The summed E-state index contributed by atoms with van der Waals surface area (Å²) in [5.74, 6) is 0.0990. The van der Waals surface area contributed by atoms with Crippen molar-refractivity contribution >= 4 is 17.3 Å². The van der Waals surface area contributed by atoms with Crippen molar-refractivity contribution < 1.29 is 4.92 Å². The molecule has 0 radical (unpaired) electrons. The first kappa shape index (κ1) is 10.9. The number of H-pyrrole nitrogens is 1. The fourth-order valence-electron chi connectivity index (χ4n) is 1.44. The molecule has 0 aliphatic heterocycles. The van der Waals surface area contributed by atoms with Crippen LogP contribution in [0.25, 0.3) is 0 Å². The zero-order valence-electron chi connectivity index (χ0n) is 8.88. The van der Waals surface area contributed by atoms with Gasteiger partial charge >= 0.3 is 5.69 Å². The average molecular weight is 233 g/mol. The number of hydrogen-bond acceptors (Lipinski definition) is 5. The maximum absolute atomic E-state index is 10.7. The molecule has 0 saturated heterocycles. The second-order valence-corrected chi connectivity index (χ2v) is 3.43. The second-order valence-electron chi connectivity index (χ2n) is 3.43. The lowest BCUT2D eigenvalue weighted by Gasteiger charge is -2.02. The summed E-state index contributed by atoms with van der Waals surface area (Å²) in [4.78, 5) is 10.2. The molecule has 7 heteroatoms. The summed E-state index contributed by atoms with van der Waals surface area (Å²) in [7, 11) is 0. The largest absolute Gasteiger partial charge is 0.378 e. The second kappa shape index (κ2) is 4.52. The van der Waals surface area contributed by atoms with Crippen LogP contribution in [0.4, 0.5) is 17.3 Å². The lowest BCUT2D eigenvalue weighted by atomic mass is 10.2. The molecule has 1 aromatic heterocycles. The van der Waals surface area contributed by atoms with Gasteiger partial charge in [0.05, 0.1) is 4.92 Å². The number of nitrogens with two attached hydrogens (primary N) is 1. The van der Waals surface area contributed by atoms with Gasteiger partial charge in [0.2, 0.25) is 11.6 Å². The average Bonchev–Trinajstić information content (AvgIpc) is 2.69. The monoisotopic (exact) mass is 233 g/mol. The Morgan fingerprint density at radius 1 is 1.41 bits per heavy atom. The summed E-state index contributed by atoms with van der Waals surface area (Å²) in [5, 5.41) is 19.7. The minimum Gasteiger partial charge on any atom is -0.378 e. The van der Waals surface area contributed by atoms with Crippen molar-refractivity contribution in [2.45, 2.75) is 6.54 Å². The smallest absolute Gasteiger partial charge is 0.354 e. The number of nitrogens with one attached hydrogen (secondary N) is 2. The number of nitrogen functional groups attached to an aromatic ring is 1. The number of rotatable bonds is 4. The van der Waals surface area contributed by atoms with Gasteiger partial charge in [0, 0.05) is 6.54 Å². The van der Waals surface area contributed by atoms with Crippen LogP contribution in [0.5, 0.6) is 0 Å². The fourth-order valence-corrected chi connectivity index (χ4v) is 1.44. The Bertz CT molecular complexity index is 523. The van der Waals surface area contributed by atoms with Gasteiger partial charge < -0.3 is 11.1 Å². The van der Waals surface area contributed by atoms with Crippen LogP contribution < -0.4 is 11.1 Å². The van der Waals surface area contributed by atoms with E-state index in [1.807, 2.05) is 30.3 Å². The topological polar surface area (TPSA) is 110 Å². The maximum Gasteiger partial charge on any atom is 0.354 e. The Kier molecular flexibility index (Phi) is 2.91. The number of anilines is 2. The van der Waals surface area contributed by atoms with E-state index in [9.17, 15) is 10.1 Å². The number of benzene rings is 1. The quantitative estimate of drug-likeness (QED) is 0.547. The van der Waals surface area contributed by atoms with Gasteiger partial charge in [-0.15, -0.1) is 5.10 Å². The molecule has 7 nitrogen and oxygen atoms in total. The molecular weight excluding hydrogens is 222 g/mol. The predicted octanol–water partition coefficient (Wildman–Crippen LogP) is 1.51. The summed E-state index contributed by atoms with van der Waals surface area (Å²) in [6.07, 6.45) is 0. The van der Waals surface area contributed by atoms with E-state index >= 15 is 0 Å². The molecule has 1 aromatic carbocycles. The van der Waals surface area contributed by atoms with Crippen LogP contribution in [0, 0.1) is 10.1 Å². The van der Waals surface area contributed by atoms with Crippen molar-refractivity contribution in [1.82, 2.24) is 10.2 Å². The SMILES string of the molecule is Nc1[nH]nc(NCc2ccccc2)c1[N+](=O)[O-]. The van der Waals surface area contributed by atoms with E-state index in [0.717, 1.165) is 5.56 Å². The summed E-state index contributed by atoms with van der Waals surface area (Å²) >= 11 is 0. The van der Waals surface area contributed by atoms with Crippen molar-refractivity contribution in [3.63, 3.8) is 0 Å². The fraction of sp³-hybridized carbons (Fsp3) is 0.100. The zero-order valence-corrected chi connectivity index (χ0v) is 8.88. The Morgan fingerprint density at radius 3 is 2.76 bits per heavy atom. The van der Waals surface area contributed by atoms with Gasteiger partial charge in [-0.3, -0.25) is 15.2 Å². The van der Waals surface area contributed by atoms with Gasteiger partial charge in [-0.25, -0.2) is 0 Å². The van der Waals surface area contributed by atoms with E-state index in [-0.39, 0.29) is 17.3 Å². The van der Waals surface area contributed by atoms with Gasteiger partial charge in [-0.1, -0.05) is 30.3 Å². The highest BCUT2D eigenvalue weighted by atomic mass is 16.6. The highest BCUT2D eigenvalue weighted by Gasteiger charge is 2.21. The maximum atomic E-state index is 10.7. The molecule has 2 aromatic rings. The van der Waals surface area contributed by atoms with Crippen LogP contribution in [0.3, 0.4) is 0 Å². The van der Waals surface area contributed by atoms with E-state index in [2.05, 4.69) is 15.5 Å². The Labute approximate surface area is 96.8 Å². The first-order valence-corrected chi connectivity index (χ1v) is 4.94. The van der Waals surface area contributed by atoms with E-state index in [1.54, 1.807) is 0 Å². The summed E-state index contributed by atoms with van der Waals surface area (Å²) < 4.78 is 0. The molecule has 0 saturated carbocycles. The zero-order chi connectivity index (χ0) is 12.3. The highest BCUT2D eigenvalue weighted by Crippen LogP contribution is 2.27. The van der Waals surface area contributed by atoms with Crippen LogP contribution >= 0.6 is 0 Å². The molecule has 1 heterocycles. The summed E-state index contributed by atoms with van der Waals surface area (Å²) in [5.41, 5.74) is 6.19. The molecule has 0 aliphatic carbocycles. The van der Waals surface area contributed by atoms with Gasteiger partial charge in [0.25, 0.3) is 0 Å². The lowest BCUT2D eigenvalue weighted by Crippen LogP contribution is -2.02. The third-order valence-electron chi connectivity index (χ3n) is 2.25. The van der Waals surface area contributed by atoms with Crippen molar-refractivity contribution in [1.29, 1.82) is 0 Å². The Balaban J connectivity index is 2.12. The normalized spacial score (nSPS) is 10.1. The van der Waals surface area contributed by atoms with Crippen LogP contribution in [0.1, 0.15) is 5.56 Å². The first-order valence-electron chi connectivity index (χ1n) is 4.94. The molecule has 0 unspecified atom stereocenters. The molecule has 0 aliphatic rings. The van der Waals surface area contributed by atoms with Crippen molar-refractivity contribution in [3.05, 3.63) is 46.0 Å². The van der Waals surface area contributed by atoms with Gasteiger partial charge in [0.1, 0.15) is 0 Å². The van der Waals surface area contributed by atoms with Crippen molar-refractivity contribution in [2.24, 2.45) is 0 Å². The molecule has 0 amide bonds. The van der Waals surface area contributed by atoms with Crippen LogP contribution in [0.15, 0.2) is 30.3 Å². The molecule has 0 bridgehead atoms. The van der Waals surface area contributed by atoms with E-state index in [1.165, 1.54) is 0 Å². The number of nitro groups is 1. The van der Waals surface area contributed by atoms with Crippen LogP contribution in [-0.4, -0.2) is 15.1 Å². The van der Waals surface area contributed by atoms with Crippen molar-refractivity contribution in [2.75, 3.05) is 11.1 Å². The molecule has 2 rings (SSSR count). The highest BCUT2D eigenvalue weighted by molar-refractivity contribution is 5.68. The third kappa shape index (κ3) is 2.33. The van der Waals surface area contributed by atoms with E-state index in [0.29, 0.717) is 6.54 Å². The van der Waals surface area contributed by atoms with Crippen LogP contribution in [0.2, 0.25) is 0 Å². The standard InChI is InChI=1S/C10H11N5O2/c11-9-8(15(16)17)10(14-13-9)12-6-7-4-2-1-3-5-7/h1-5H,6H2,(H4,11,12,13,14). The molecule has 17 heavy (non-hydrogen) atoms. The van der Waals surface area contributed by atoms with Gasteiger partial charge in [0.15, 0.2) is 0 Å². The third-order valence-corrected chi connectivity index (χ3v) is 2.25. The molecule has 0 spiro atoms. The minimum atomic E-state index is -0.563. The number of aromatic amines is 1. The molecular formula is C10H11N5O2. The number of aromatic nitrogens is 2. The molecule has 0 fully saturated rings. The van der Waals surface area contributed by atoms with E-state index in [4.69, 9.17) is 5.73 Å². The lowest BCUT2D eigenvalue weighted by molar-refractivity contribution is -0.383. The summed E-state index contributed by atoms with van der Waals surface area (Å²) in [6, 6.07) is 9.51. The summed E-state index contributed by atoms with van der Waals surface area (Å²) in [6.45, 7) is 0.450. The minimum absolute atomic E-state index is 0.0504. The number of hydrogen-bond donors (Lipinski definition) is 3. The predicted molar refractivity (Wildman–Crippen MR) is 63.4 cm³/mol.